The maximum absolute atomic E-state index is 13.2. The van der Waals surface area contributed by atoms with E-state index in [0.29, 0.717) is 17.5 Å². The molecule has 13 heavy (non-hydrogen) atoms. The lowest BCUT2D eigenvalue weighted by Gasteiger charge is -2.17. The Balaban J connectivity index is 2.60. The van der Waals surface area contributed by atoms with E-state index in [-0.39, 0.29) is 0 Å². The highest BCUT2D eigenvalue weighted by molar-refractivity contribution is 5.77. The zero-order chi connectivity index (χ0) is 9.26. The smallest absolute Gasteiger partial charge is 0.146 e. The molecule has 0 aliphatic carbocycles. The third kappa shape index (κ3) is 1.20. The number of nitrogens with zero attached hydrogens (tertiary/aromatic N) is 1. The van der Waals surface area contributed by atoms with Crippen LogP contribution in [0, 0.1) is 5.82 Å². The fourth-order valence-corrected chi connectivity index (χ4v) is 1.32. The van der Waals surface area contributed by atoms with Crippen LogP contribution in [0.15, 0.2) is 23.2 Å². The van der Waals surface area contributed by atoms with Gasteiger partial charge in [-0.2, -0.15) is 0 Å². The molecule has 1 N–H and O–H groups in total. The van der Waals surface area contributed by atoms with Crippen LogP contribution >= 0.6 is 0 Å². The van der Waals surface area contributed by atoms with E-state index in [1.165, 1.54) is 12.4 Å². The number of hydrogen-bond donors (Lipinski definition) is 1. The van der Waals surface area contributed by atoms with Crippen LogP contribution in [0.3, 0.4) is 0 Å². The van der Waals surface area contributed by atoms with Crippen LogP contribution in [0.4, 0.5) is 10.1 Å². The van der Waals surface area contributed by atoms with E-state index in [2.05, 4.69) is 10.3 Å². The number of hydrogen-bond acceptors (Lipinski definition) is 3. The van der Waals surface area contributed by atoms with Crippen molar-refractivity contribution < 1.29 is 9.18 Å². The van der Waals surface area contributed by atoms with Crippen LogP contribution < -0.4 is 5.32 Å². The highest BCUT2D eigenvalue weighted by Crippen LogP contribution is 2.28. The van der Waals surface area contributed by atoms with Gasteiger partial charge in [-0.15, -0.1) is 0 Å². The molecule has 66 valence electrons. The molecular weight excluding hydrogens is 171 g/mol. The van der Waals surface area contributed by atoms with Crippen molar-refractivity contribution in [3.05, 3.63) is 29.6 Å². The van der Waals surface area contributed by atoms with Gasteiger partial charge in [-0.05, 0) is 12.1 Å². The highest BCUT2D eigenvalue weighted by atomic mass is 19.1. The Kier molecular flexibility index (Phi) is 1.81. The van der Waals surface area contributed by atoms with Crippen molar-refractivity contribution in [2.24, 2.45) is 4.99 Å². The van der Waals surface area contributed by atoms with Gasteiger partial charge in [0.2, 0.25) is 0 Å². The molecule has 0 radical (unpaired) electrons. The number of carbonyl (C=O) groups excluding carboxylic acids is 1. The number of aliphatic imine (C=N–C) groups is 1. The second-order valence-electron chi connectivity index (χ2n) is 2.71. The lowest BCUT2D eigenvalue weighted by atomic mass is 10.0. The molecule has 1 aromatic rings. The average Bonchev–Trinajstić information content (AvgIpc) is 2.17. The van der Waals surface area contributed by atoms with E-state index >= 15 is 0 Å². The zero-order valence-corrected chi connectivity index (χ0v) is 6.70. The van der Waals surface area contributed by atoms with Gasteiger partial charge >= 0.3 is 0 Å². The number of carbonyl (C=O) groups is 1. The van der Waals surface area contributed by atoms with Gasteiger partial charge < -0.3 is 10.1 Å². The van der Waals surface area contributed by atoms with Crippen molar-refractivity contribution in [3.8, 4) is 0 Å². The van der Waals surface area contributed by atoms with E-state index in [0.717, 1.165) is 0 Å². The van der Waals surface area contributed by atoms with E-state index < -0.39 is 11.9 Å². The van der Waals surface area contributed by atoms with E-state index in [9.17, 15) is 9.18 Å². The molecular formula is C9H7FN2O. The number of aldehydes is 1. The Labute approximate surface area is 74.3 Å². The molecule has 4 heteroatoms. The molecule has 0 bridgehead atoms. The third-order valence-corrected chi connectivity index (χ3v) is 1.93. The summed E-state index contributed by atoms with van der Waals surface area (Å²) in [6.45, 7) is 0. The van der Waals surface area contributed by atoms with Crippen LogP contribution in [-0.4, -0.2) is 12.6 Å². The molecule has 0 amide bonds. The molecule has 1 aliphatic rings. The van der Waals surface area contributed by atoms with Crippen molar-refractivity contribution in [2.75, 3.05) is 0 Å². The Bertz CT molecular complexity index is 376. The summed E-state index contributed by atoms with van der Waals surface area (Å²) in [4.78, 5) is 14.5. The quantitative estimate of drug-likeness (QED) is 0.659. The Morgan fingerprint density at radius 1 is 1.54 bits per heavy atom. The van der Waals surface area contributed by atoms with Crippen LogP contribution in [0.25, 0.3) is 0 Å². The normalized spacial score (nSPS) is 19.0. The number of halogens is 1. The van der Waals surface area contributed by atoms with Crippen molar-refractivity contribution in [2.45, 2.75) is 6.04 Å². The maximum Gasteiger partial charge on any atom is 0.146 e. The van der Waals surface area contributed by atoms with Gasteiger partial charge in [-0.1, -0.05) is 6.07 Å². The maximum atomic E-state index is 13.2. The predicted octanol–water partition coefficient (Wildman–Crippen LogP) is 1.33. The first-order valence-corrected chi connectivity index (χ1v) is 3.85. The molecule has 1 unspecified atom stereocenters. The lowest BCUT2D eigenvalue weighted by molar-refractivity contribution is -0.109. The first kappa shape index (κ1) is 7.91. The number of nitrogens with one attached hydrogen (secondary N) is 1. The second kappa shape index (κ2) is 2.97. The van der Waals surface area contributed by atoms with Crippen LogP contribution in [0.5, 0.6) is 0 Å². The molecule has 1 aromatic carbocycles. The van der Waals surface area contributed by atoms with Crippen LogP contribution in [0.2, 0.25) is 0 Å². The SMILES string of the molecule is O=CC1NC=Nc2cccc(F)c21. The molecule has 0 saturated carbocycles. The van der Waals surface area contributed by atoms with Gasteiger partial charge in [0.15, 0.2) is 0 Å². The fourth-order valence-electron chi connectivity index (χ4n) is 1.32. The minimum atomic E-state index is -0.617. The van der Waals surface area contributed by atoms with Crippen molar-refractivity contribution in [3.63, 3.8) is 0 Å². The topological polar surface area (TPSA) is 41.5 Å². The number of benzene rings is 1. The highest BCUT2D eigenvalue weighted by Gasteiger charge is 2.20. The summed E-state index contributed by atoms with van der Waals surface area (Å²) in [6, 6.07) is 3.94. The minimum Gasteiger partial charge on any atom is -0.363 e. The lowest BCUT2D eigenvalue weighted by Crippen LogP contribution is -2.24. The number of rotatable bonds is 1. The van der Waals surface area contributed by atoms with Crippen LogP contribution in [-0.2, 0) is 4.79 Å². The van der Waals surface area contributed by atoms with E-state index in [4.69, 9.17) is 0 Å². The summed E-state index contributed by atoms with van der Waals surface area (Å²) >= 11 is 0. The predicted molar refractivity (Wildman–Crippen MR) is 46.5 cm³/mol. The van der Waals surface area contributed by atoms with Crippen molar-refractivity contribution >= 4 is 18.3 Å². The monoisotopic (exact) mass is 178 g/mol. The number of fused-ring (bicyclic) bond motifs is 1. The second-order valence-corrected chi connectivity index (χ2v) is 2.71. The molecule has 0 saturated heterocycles. The summed E-state index contributed by atoms with van der Waals surface area (Å²) in [7, 11) is 0. The largest absolute Gasteiger partial charge is 0.363 e. The molecule has 1 heterocycles. The summed E-state index contributed by atoms with van der Waals surface area (Å²) in [5.74, 6) is -0.404. The summed E-state index contributed by atoms with van der Waals surface area (Å²) in [5, 5.41) is 2.67. The van der Waals surface area contributed by atoms with E-state index in [1.807, 2.05) is 0 Å². The van der Waals surface area contributed by atoms with Gasteiger partial charge in [0.1, 0.15) is 18.1 Å². The van der Waals surface area contributed by atoms with Crippen molar-refractivity contribution in [1.82, 2.24) is 5.32 Å². The molecule has 3 nitrogen and oxygen atoms in total. The first-order valence-electron chi connectivity index (χ1n) is 3.85. The van der Waals surface area contributed by atoms with E-state index in [1.54, 1.807) is 12.1 Å². The Hall–Kier alpha value is -1.71. The molecule has 1 aliphatic heterocycles. The van der Waals surface area contributed by atoms with Gasteiger partial charge in [0, 0.05) is 5.56 Å². The average molecular weight is 178 g/mol. The Morgan fingerprint density at radius 2 is 2.38 bits per heavy atom. The molecule has 0 fully saturated rings. The van der Waals surface area contributed by atoms with Crippen LogP contribution in [0.1, 0.15) is 11.6 Å². The van der Waals surface area contributed by atoms with Gasteiger partial charge in [0.25, 0.3) is 0 Å². The molecule has 1 atom stereocenters. The Morgan fingerprint density at radius 3 is 3.15 bits per heavy atom. The minimum absolute atomic E-state index is 0.319. The first-order chi connectivity index (χ1) is 6.33. The fraction of sp³-hybridized carbons (Fsp3) is 0.111. The molecule has 2 rings (SSSR count). The summed E-state index contributed by atoms with van der Waals surface area (Å²) in [6.07, 6.45) is 2.06. The summed E-state index contributed by atoms with van der Waals surface area (Å²) < 4.78 is 13.2. The summed E-state index contributed by atoms with van der Waals surface area (Å²) in [5.41, 5.74) is 0.829. The van der Waals surface area contributed by atoms with Gasteiger partial charge in [0.05, 0.1) is 12.0 Å². The van der Waals surface area contributed by atoms with Gasteiger partial charge in [-0.3, -0.25) is 0 Å². The molecule has 0 spiro atoms. The van der Waals surface area contributed by atoms with Crippen molar-refractivity contribution in [1.29, 1.82) is 0 Å². The third-order valence-electron chi connectivity index (χ3n) is 1.93. The molecule has 0 aromatic heterocycles. The standard InChI is InChI=1S/C9H7FN2O/c10-6-2-1-3-7-9(6)8(4-13)12-5-11-7/h1-5,8H,(H,11,12). The van der Waals surface area contributed by atoms with Gasteiger partial charge in [-0.25, -0.2) is 9.38 Å². The zero-order valence-electron chi connectivity index (χ0n) is 6.70.